The summed E-state index contributed by atoms with van der Waals surface area (Å²) in [4.78, 5) is 24.8. The van der Waals surface area contributed by atoms with Crippen LogP contribution in [0.3, 0.4) is 0 Å². The average Bonchev–Trinajstić information content (AvgIpc) is 3.60. The van der Waals surface area contributed by atoms with Crippen molar-refractivity contribution in [2.45, 2.75) is 6.54 Å². The number of fused-ring (bicyclic) bond motifs is 1. The minimum absolute atomic E-state index is 0.222. The van der Waals surface area contributed by atoms with Gasteiger partial charge in [0.05, 0.1) is 5.69 Å². The molecule has 0 saturated carbocycles. The Bertz CT molecular complexity index is 1430. The van der Waals surface area contributed by atoms with Gasteiger partial charge in [0.2, 0.25) is 11.8 Å². The molecule has 0 unspecified atom stereocenters. The summed E-state index contributed by atoms with van der Waals surface area (Å²) < 4.78 is 7.44. The molecule has 1 fully saturated rings. The number of furan rings is 1. The summed E-state index contributed by atoms with van der Waals surface area (Å²) in [6.45, 7) is 4.08. The molecule has 11 nitrogen and oxygen atoms in total. The molecule has 0 aliphatic carbocycles. The molecule has 1 aliphatic heterocycles. The Hall–Kier alpha value is -3.96. The van der Waals surface area contributed by atoms with Crippen molar-refractivity contribution in [2.24, 2.45) is 0 Å². The number of aromatic amines is 1. The Morgan fingerprint density at radius 2 is 1.82 bits per heavy atom. The molecule has 34 heavy (non-hydrogen) atoms. The number of hydrogen-bond acceptors (Lipinski definition) is 9. The Balaban J connectivity index is 1.11. The van der Waals surface area contributed by atoms with E-state index in [1.807, 2.05) is 42.5 Å². The maximum atomic E-state index is 6.41. The van der Waals surface area contributed by atoms with Crippen LogP contribution in [0.5, 0.6) is 0 Å². The minimum Gasteiger partial charge on any atom is -0.437 e. The molecule has 12 heteroatoms. The standard InChI is InChI=1S/C22H21ClN10O/c23-18-15(27-19(28-18)14-4-2-1-3-5-14)12-31-8-10-32(11-9-31)17-7-6-16(34-17)20-29-22-26-13-25-21(24)33(22)30-20/h1-7,13H,8-12H2,(H,27,28)(H2,24,25,26,29,30). The number of nitrogens with two attached hydrogens (primary N) is 1. The fraction of sp³-hybridized carbons (Fsp3) is 0.227. The van der Waals surface area contributed by atoms with Crippen molar-refractivity contribution in [3.8, 4) is 23.0 Å². The lowest BCUT2D eigenvalue weighted by Gasteiger charge is -2.34. The number of halogens is 1. The lowest BCUT2D eigenvalue weighted by Crippen LogP contribution is -2.45. The van der Waals surface area contributed by atoms with E-state index in [0.717, 1.165) is 49.1 Å². The van der Waals surface area contributed by atoms with Crippen LogP contribution in [0.15, 0.2) is 53.2 Å². The van der Waals surface area contributed by atoms with Gasteiger partial charge in [-0.1, -0.05) is 41.9 Å². The molecular weight excluding hydrogens is 456 g/mol. The molecule has 5 aromatic rings. The Morgan fingerprint density at radius 3 is 2.62 bits per heavy atom. The maximum absolute atomic E-state index is 6.41. The quantitative estimate of drug-likeness (QED) is 0.393. The monoisotopic (exact) mass is 476 g/mol. The summed E-state index contributed by atoms with van der Waals surface area (Å²) in [7, 11) is 0. The normalized spacial score (nSPS) is 14.8. The van der Waals surface area contributed by atoms with Crippen molar-refractivity contribution in [3.63, 3.8) is 0 Å². The Kier molecular flexibility index (Phi) is 5.12. The van der Waals surface area contributed by atoms with Gasteiger partial charge in [0.1, 0.15) is 12.2 Å². The molecule has 172 valence electrons. The number of anilines is 2. The van der Waals surface area contributed by atoms with Crippen LogP contribution in [0.4, 0.5) is 11.8 Å². The number of nitrogens with zero attached hydrogens (tertiary/aromatic N) is 8. The zero-order valence-corrected chi connectivity index (χ0v) is 18.9. The first-order chi connectivity index (χ1) is 16.6. The second-order valence-corrected chi connectivity index (χ2v) is 8.36. The molecular formula is C22H21ClN10O. The molecule has 0 bridgehead atoms. The van der Waals surface area contributed by atoms with Gasteiger partial charge in [0.15, 0.2) is 16.8 Å². The third-order valence-corrected chi connectivity index (χ3v) is 6.14. The number of aromatic nitrogens is 7. The predicted molar refractivity (Wildman–Crippen MR) is 127 cm³/mol. The number of imidazole rings is 1. The minimum atomic E-state index is 0.222. The van der Waals surface area contributed by atoms with Crippen molar-refractivity contribution < 1.29 is 4.42 Å². The van der Waals surface area contributed by atoms with E-state index in [4.69, 9.17) is 21.8 Å². The van der Waals surface area contributed by atoms with Crippen LogP contribution in [0.1, 0.15) is 5.69 Å². The summed E-state index contributed by atoms with van der Waals surface area (Å²) in [6.07, 6.45) is 1.36. The highest BCUT2D eigenvalue weighted by atomic mass is 35.5. The molecule has 1 saturated heterocycles. The molecule has 0 spiro atoms. The Morgan fingerprint density at radius 1 is 1.00 bits per heavy atom. The van der Waals surface area contributed by atoms with Gasteiger partial charge < -0.3 is 20.0 Å². The van der Waals surface area contributed by atoms with E-state index in [0.29, 0.717) is 29.1 Å². The molecule has 1 aliphatic rings. The van der Waals surface area contributed by atoms with E-state index in [1.54, 1.807) is 0 Å². The van der Waals surface area contributed by atoms with Gasteiger partial charge in [0.25, 0.3) is 5.78 Å². The van der Waals surface area contributed by atoms with E-state index < -0.39 is 0 Å². The fourth-order valence-corrected chi connectivity index (χ4v) is 4.22. The van der Waals surface area contributed by atoms with Crippen LogP contribution < -0.4 is 10.6 Å². The van der Waals surface area contributed by atoms with E-state index in [-0.39, 0.29) is 5.95 Å². The number of hydrogen-bond donors (Lipinski definition) is 2. The van der Waals surface area contributed by atoms with Crippen LogP contribution in [0, 0.1) is 0 Å². The van der Waals surface area contributed by atoms with Crippen molar-refractivity contribution in [3.05, 3.63) is 59.6 Å². The zero-order chi connectivity index (χ0) is 23.1. The molecule has 6 rings (SSSR count). The number of piperazine rings is 1. The molecule has 4 aromatic heterocycles. The highest BCUT2D eigenvalue weighted by molar-refractivity contribution is 6.30. The van der Waals surface area contributed by atoms with E-state index >= 15 is 0 Å². The largest absolute Gasteiger partial charge is 0.437 e. The van der Waals surface area contributed by atoms with Crippen LogP contribution in [-0.2, 0) is 6.54 Å². The highest BCUT2D eigenvalue weighted by Crippen LogP contribution is 2.27. The molecule has 5 heterocycles. The first kappa shape index (κ1) is 20.6. The van der Waals surface area contributed by atoms with Crippen LogP contribution in [-0.4, -0.2) is 65.6 Å². The second kappa shape index (κ2) is 8.43. The number of rotatable bonds is 5. The average molecular weight is 477 g/mol. The highest BCUT2D eigenvalue weighted by Gasteiger charge is 2.22. The second-order valence-electron chi connectivity index (χ2n) is 8.00. The fourth-order valence-electron chi connectivity index (χ4n) is 4.03. The third-order valence-electron chi connectivity index (χ3n) is 5.82. The van der Waals surface area contributed by atoms with E-state index in [1.165, 1.54) is 10.8 Å². The summed E-state index contributed by atoms with van der Waals surface area (Å²) in [5, 5.41) is 4.86. The lowest BCUT2D eigenvalue weighted by molar-refractivity contribution is 0.244. The third kappa shape index (κ3) is 3.84. The molecule has 0 radical (unpaired) electrons. The molecule has 3 N–H and O–H groups in total. The number of nitrogen functional groups attached to an aromatic ring is 1. The predicted octanol–water partition coefficient (Wildman–Crippen LogP) is 2.73. The van der Waals surface area contributed by atoms with E-state index in [9.17, 15) is 0 Å². The van der Waals surface area contributed by atoms with Crippen molar-refractivity contribution in [2.75, 3.05) is 36.8 Å². The summed E-state index contributed by atoms with van der Waals surface area (Å²) >= 11 is 6.41. The van der Waals surface area contributed by atoms with Crippen molar-refractivity contribution in [1.82, 2.24) is 39.4 Å². The molecule has 1 aromatic carbocycles. The van der Waals surface area contributed by atoms with Gasteiger partial charge in [-0.3, -0.25) is 4.90 Å². The zero-order valence-electron chi connectivity index (χ0n) is 18.1. The van der Waals surface area contributed by atoms with Crippen LogP contribution in [0.2, 0.25) is 5.15 Å². The van der Waals surface area contributed by atoms with Crippen molar-refractivity contribution in [1.29, 1.82) is 0 Å². The lowest BCUT2D eigenvalue weighted by atomic mass is 10.2. The topological polar surface area (TPSA) is 130 Å². The summed E-state index contributed by atoms with van der Waals surface area (Å²) in [6, 6.07) is 13.8. The van der Waals surface area contributed by atoms with Gasteiger partial charge in [-0.15, -0.1) is 5.10 Å². The SMILES string of the molecule is Nc1ncnc2nc(-c3ccc(N4CCN(Cc5[nH]c(-c6ccccc6)nc5Cl)CC4)o3)nn12. The number of nitrogens with one attached hydrogen (secondary N) is 1. The summed E-state index contributed by atoms with van der Waals surface area (Å²) in [5.74, 6) is 3.14. The van der Waals surface area contributed by atoms with Gasteiger partial charge in [-0.25, -0.2) is 9.97 Å². The number of H-pyrrole nitrogens is 1. The molecule has 0 atom stereocenters. The first-order valence-electron chi connectivity index (χ1n) is 10.8. The van der Waals surface area contributed by atoms with Crippen LogP contribution in [0.25, 0.3) is 28.8 Å². The first-order valence-corrected chi connectivity index (χ1v) is 11.2. The van der Waals surface area contributed by atoms with Gasteiger partial charge >= 0.3 is 0 Å². The number of benzene rings is 1. The smallest absolute Gasteiger partial charge is 0.257 e. The Labute approximate surface area is 199 Å². The van der Waals surface area contributed by atoms with Gasteiger partial charge in [-0.2, -0.15) is 14.5 Å². The van der Waals surface area contributed by atoms with Crippen molar-refractivity contribution >= 4 is 29.2 Å². The van der Waals surface area contributed by atoms with E-state index in [2.05, 4.69) is 39.8 Å². The van der Waals surface area contributed by atoms with Crippen LogP contribution >= 0.6 is 11.6 Å². The maximum Gasteiger partial charge on any atom is 0.257 e. The van der Waals surface area contributed by atoms with Gasteiger partial charge in [-0.05, 0) is 6.07 Å². The van der Waals surface area contributed by atoms with Gasteiger partial charge in [0, 0.05) is 44.4 Å². The summed E-state index contributed by atoms with van der Waals surface area (Å²) in [5.41, 5.74) is 7.77. The molecule has 0 amide bonds.